The van der Waals surface area contributed by atoms with Crippen LogP contribution in [0.1, 0.15) is 38.5 Å². The highest BCUT2D eigenvalue weighted by Crippen LogP contribution is 2.37. The zero-order valence-electron chi connectivity index (χ0n) is 12.0. The fourth-order valence-electron chi connectivity index (χ4n) is 3.10. The van der Waals surface area contributed by atoms with Crippen molar-refractivity contribution in [2.24, 2.45) is 11.8 Å². The van der Waals surface area contributed by atoms with Gasteiger partial charge in [-0.05, 0) is 25.7 Å². The van der Waals surface area contributed by atoms with Crippen LogP contribution in [0.2, 0.25) is 0 Å². The van der Waals surface area contributed by atoms with E-state index in [0.717, 1.165) is 6.42 Å². The maximum Gasteiger partial charge on any atom is 0.317 e. The van der Waals surface area contributed by atoms with Crippen molar-refractivity contribution in [2.75, 3.05) is 19.6 Å². The lowest BCUT2D eigenvalue weighted by molar-refractivity contribution is -0.143. The second-order valence-electron chi connectivity index (χ2n) is 6.01. The van der Waals surface area contributed by atoms with E-state index in [0.29, 0.717) is 32.2 Å². The number of piperidine rings is 1. The van der Waals surface area contributed by atoms with Gasteiger partial charge in [0.2, 0.25) is 0 Å². The molecule has 2 amide bonds. The van der Waals surface area contributed by atoms with Crippen molar-refractivity contribution in [3.8, 4) is 0 Å². The van der Waals surface area contributed by atoms with Gasteiger partial charge < -0.3 is 15.3 Å². The molecule has 0 bridgehead atoms. The van der Waals surface area contributed by atoms with Crippen LogP contribution in [0.4, 0.5) is 13.6 Å². The lowest BCUT2D eigenvalue weighted by atomic mass is 9.85. The number of rotatable bonds is 3. The summed E-state index contributed by atoms with van der Waals surface area (Å²) in [7, 11) is 0. The Bertz CT molecular complexity index is 404. The predicted molar refractivity (Wildman–Crippen MR) is 72.2 cm³/mol. The number of alkyl halides is 2. The highest BCUT2D eigenvalue weighted by atomic mass is 19.3. The van der Waals surface area contributed by atoms with Gasteiger partial charge in [0.25, 0.3) is 5.92 Å². The largest absolute Gasteiger partial charge is 0.481 e. The number of nitrogens with zero attached hydrogens (tertiary/aromatic N) is 1. The second-order valence-corrected chi connectivity index (χ2v) is 6.01. The Morgan fingerprint density at radius 1 is 1.24 bits per heavy atom. The van der Waals surface area contributed by atoms with Crippen LogP contribution in [0.25, 0.3) is 0 Å². The van der Waals surface area contributed by atoms with E-state index in [1.165, 1.54) is 4.90 Å². The smallest absolute Gasteiger partial charge is 0.317 e. The molecular weight excluding hydrogens is 282 g/mol. The van der Waals surface area contributed by atoms with Crippen LogP contribution in [0, 0.1) is 11.8 Å². The van der Waals surface area contributed by atoms with Gasteiger partial charge in [-0.1, -0.05) is 6.42 Å². The van der Waals surface area contributed by atoms with Gasteiger partial charge in [-0.3, -0.25) is 4.79 Å². The molecule has 2 unspecified atom stereocenters. The molecule has 0 spiro atoms. The first kappa shape index (κ1) is 16.0. The van der Waals surface area contributed by atoms with Crippen LogP contribution in [0.5, 0.6) is 0 Å². The first-order valence-electron chi connectivity index (χ1n) is 7.53. The van der Waals surface area contributed by atoms with Crippen molar-refractivity contribution in [3.05, 3.63) is 0 Å². The van der Waals surface area contributed by atoms with Crippen LogP contribution in [0.3, 0.4) is 0 Å². The summed E-state index contributed by atoms with van der Waals surface area (Å²) in [5.74, 6) is -4.99. The van der Waals surface area contributed by atoms with Crippen LogP contribution in [-0.2, 0) is 4.79 Å². The zero-order chi connectivity index (χ0) is 15.5. The van der Waals surface area contributed by atoms with Crippen molar-refractivity contribution >= 4 is 12.0 Å². The summed E-state index contributed by atoms with van der Waals surface area (Å²) in [4.78, 5) is 24.4. The predicted octanol–water partition coefficient (Wildman–Crippen LogP) is 2.32. The first-order chi connectivity index (χ1) is 9.90. The quantitative estimate of drug-likeness (QED) is 0.840. The summed E-state index contributed by atoms with van der Waals surface area (Å²) >= 11 is 0. The van der Waals surface area contributed by atoms with E-state index < -0.39 is 29.8 Å². The molecule has 2 N–H and O–H groups in total. The molecule has 0 aromatic rings. The lowest BCUT2D eigenvalue weighted by Gasteiger charge is -2.34. The molecule has 0 radical (unpaired) electrons. The van der Waals surface area contributed by atoms with Crippen molar-refractivity contribution in [1.82, 2.24) is 10.2 Å². The Morgan fingerprint density at radius 2 is 2.00 bits per heavy atom. The van der Waals surface area contributed by atoms with Gasteiger partial charge in [-0.15, -0.1) is 0 Å². The normalized spacial score (nSPS) is 29.0. The van der Waals surface area contributed by atoms with Crippen LogP contribution < -0.4 is 5.32 Å². The number of amides is 2. The van der Waals surface area contributed by atoms with Crippen molar-refractivity contribution in [2.45, 2.75) is 44.4 Å². The van der Waals surface area contributed by atoms with Gasteiger partial charge >= 0.3 is 12.0 Å². The molecular formula is C14H22F2N2O3. The monoisotopic (exact) mass is 304 g/mol. The Balaban J connectivity index is 1.82. The van der Waals surface area contributed by atoms with Crippen LogP contribution >= 0.6 is 0 Å². The van der Waals surface area contributed by atoms with E-state index >= 15 is 0 Å². The Morgan fingerprint density at radius 3 is 2.67 bits per heavy atom. The molecule has 0 aromatic heterocycles. The topological polar surface area (TPSA) is 69.6 Å². The summed E-state index contributed by atoms with van der Waals surface area (Å²) in [6.07, 6.45) is 2.79. The number of aliphatic carboxylic acids is 1. The summed E-state index contributed by atoms with van der Waals surface area (Å²) in [6, 6.07) is -0.428. The third-order valence-corrected chi connectivity index (χ3v) is 4.47. The molecule has 2 atom stereocenters. The number of nitrogens with one attached hydrogen (secondary N) is 1. The van der Waals surface area contributed by atoms with Gasteiger partial charge in [0.15, 0.2) is 0 Å². The summed E-state index contributed by atoms with van der Waals surface area (Å²) < 4.78 is 27.4. The Hall–Kier alpha value is -1.40. The van der Waals surface area contributed by atoms with E-state index in [1.54, 1.807) is 0 Å². The van der Waals surface area contributed by atoms with E-state index in [2.05, 4.69) is 5.32 Å². The Labute approximate surface area is 122 Å². The average Bonchev–Trinajstić information content (AvgIpc) is 2.45. The van der Waals surface area contributed by atoms with E-state index in [-0.39, 0.29) is 19.5 Å². The number of hydrogen-bond donors (Lipinski definition) is 2. The summed E-state index contributed by atoms with van der Waals surface area (Å²) in [6.45, 7) is 0.596. The van der Waals surface area contributed by atoms with E-state index in [1.807, 2.05) is 0 Å². The van der Waals surface area contributed by atoms with E-state index in [4.69, 9.17) is 5.11 Å². The molecule has 2 rings (SSSR count). The number of carbonyl (C=O) groups is 2. The lowest BCUT2D eigenvalue weighted by Crippen LogP contribution is -2.49. The van der Waals surface area contributed by atoms with Crippen LogP contribution in [0.15, 0.2) is 0 Å². The maximum absolute atomic E-state index is 13.7. The molecule has 1 saturated carbocycles. The number of carbonyl (C=O) groups excluding carboxylic acids is 1. The molecule has 0 aromatic carbocycles. The second kappa shape index (κ2) is 6.58. The van der Waals surface area contributed by atoms with Crippen molar-refractivity contribution in [1.29, 1.82) is 0 Å². The molecule has 1 aliphatic carbocycles. The minimum absolute atomic E-state index is 0.0416. The molecule has 1 aliphatic heterocycles. The number of hydrogen-bond acceptors (Lipinski definition) is 2. The molecule has 7 heteroatoms. The van der Waals surface area contributed by atoms with Gasteiger partial charge in [-0.2, -0.15) is 0 Å². The average molecular weight is 304 g/mol. The molecule has 21 heavy (non-hydrogen) atoms. The van der Waals surface area contributed by atoms with Crippen molar-refractivity contribution in [3.63, 3.8) is 0 Å². The molecule has 1 heterocycles. The number of urea groups is 1. The first-order valence-corrected chi connectivity index (χ1v) is 7.53. The zero-order valence-corrected chi connectivity index (χ0v) is 12.0. The Kier molecular flexibility index (Phi) is 5.00. The third-order valence-electron chi connectivity index (χ3n) is 4.47. The minimum atomic E-state index is -2.71. The maximum atomic E-state index is 13.7. The van der Waals surface area contributed by atoms with Gasteiger partial charge in [0.05, 0.1) is 5.92 Å². The third kappa shape index (κ3) is 4.04. The van der Waals surface area contributed by atoms with Crippen LogP contribution in [-0.4, -0.2) is 47.6 Å². The SMILES string of the molecule is O=C(O)C1CCCN(C(=O)NCC2CCCCC2(F)F)C1. The van der Waals surface area contributed by atoms with E-state index in [9.17, 15) is 18.4 Å². The molecule has 2 fully saturated rings. The molecule has 2 aliphatic rings. The number of likely N-dealkylation sites (tertiary alicyclic amines) is 1. The highest BCUT2D eigenvalue weighted by molar-refractivity contribution is 5.76. The fourth-order valence-corrected chi connectivity index (χ4v) is 3.10. The van der Waals surface area contributed by atoms with Gasteiger partial charge in [-0.25, -0.2) is 13.6 Å². The van der Waals surface area contributed by atoms with Gasteiger partial charge in [0.1, 0.15) is 0 Å². The summed E-state index contributed by atoms with van der Waals surface area (Å²) in [5.41, 5.74) is 0. The van der Waals surface area contributed by atoms with Crippen molar-refractivity contribution < 1.29 is 23.5 Å². The minimum Gasteiger partial charge on any atom is -0.481 e. The highest BCUT2D eigenvalue weighted by Gasteiger charge is 2.41. The van der Waals surface area contributed by atoms with Gasteiger partial charge in [0, 0.05) is 32.0 Å². The number of carboxylic acids is 1. The molecule has 5 nitrogen and oxygen atoms in total. The fraction of sp³-hybridized carbons (Fsp3) is 0.857. The number of halogens is 2. The number of carboxylic acid groups (broad SMARTS) is 1. The molecule has 1 saturated heterocycles. The standard InChI is InChI=1S/C14H22F2N2O3/c15-14(16)6-2-1-5-11(14)8-17-13(21)18-7-3-4-10(9-18)12(19)20/h10-11H,1-9H2,(H,17,21)(H,19,20). The molecule has 120 valence electrons. The summed E-state index contributed by atoms with van der Waals surface area (Å²) in [5, 5.41) is 11.5.